The predicted octanol–water partition coefficient (Wildman–Crippen LogP) is 1.84. The van der Waals surface area contributed by atoms with E-state index in [1.165, 1.54) is 10.6 Å². The molecule has 1 aliphatic rings. The fourth-order valence-corrected chi connectivity index (χ4v) is 5.07. The second-order valence-corrected chi connectivity index (χ2v) is 9.26. The molecule has 4 rings (SSSR count). The summed E-state index contributed by atoms with van der Waals surface area (Å²) in [7, 11) is -3.43. The van der Waals surface area contributed by atoms with Crippen LogP contribution in [0, 0.1) is 0 Å². The van der Waals surface area contributed by atoms with Crippen molar-refractivity contribution in [1.82, 2.24) is 24.7 Å². The quantitative estimate of drug-likeness (QED) is 0.459. The number of rotatable bonds is 6. The Morgan fingerprint density at radius 3 is 2.71 bits per heavy atom. The molecular formula is C21H26N6O3S. The fraction of sp³-hybridized carbons (Fsp3) is 0.381. The number of nitrogens with zero attached hydrogens (tertiary/aromatic N) is 5. The van der Waals surface area contributed by atoms with E-state index >= 15 is 0 Å². The van der Waals surface area contributed by atoms with E-state index in [2.05, 4.69) is 20.4 Å². The SMILES string of the molecule is CCNC(=NCc1cccc2cccnc12)N1CCN(S(=O)(=O)Cc2ccon2)CC1. The Balaban J connectivity index is 1.43. The van der Waals surface area contributed by atoms with E-state index in [0.717, 1.165) is 29.0 Å². The van der Waals surface area contributed by atoms with Crippen LogP contribution in [0.3, 0.4) is 0 Å². The van der Waals surface area contributed by atoms with E-state index in [1.807, 2.05) is 37.3 Å². The molecule has 0 atom stereocenters. The van der Waals surface area contributed by atoms with E-state index in [9.17, 15) is 8.42 Å². The van der Waals surface area contributed by atoms with Crippen LogP contribution in [0.15, 0.2) is 58.4 Å². The molecule has 31 heavy (non-hydrogen) atoms. The van der Waals surface area contributed by atoms with Gasteiger partial charge in [0, 0.05) is 50.4 Å². The molecule has 0 aliphatic carbocycles. The molecule has 2 aromatic heterocycles. The van der Waals surface area contributed by atoms with Gasteiger partial charge in [-0.1, -0.05) is 29.4 Å². The zero-order valence-electron chi connectivity index (χ0n) is 17.4. The number of sulfonamides is 1. The molecule has 1 saturated heterocycles. The maximum absolute atomic E-state index is 12.7. The number of guanidine groups is 1. The molecule has 3 heterocycles. The second kappa shape index (κ2) is 9.44. The van der Waals surface area contributed by atoms with Crippen molar-refractivity contribution in [1.29, 1.82) is 0 Å². The standard InChI is InChI=1S/C21H26N6O3S/c1-2-22-21(24-15-18-6-3-5-17-7-4-9-23-20(17)18)26-10-12-27(13-11-26)31(28,29)16-19-8-14-30-25-19/h3-9,14H,2,10-13,15-16H2,1H3,(H,22,24). The van der Waals surface area contributed by atoms with E-state index in [0.29, 0.717) is 38.4 Å². The maximum Gasteiger partial charge on any atom is 0.220 e. The minimum absolute atomic E-state index is 0.147. The summed E-state index contributed by atoms with van der Waals surface area (Å²) in [6, 6.07) is 11.6. The van der Waals surface area contributed by atoms with Crippen LogP contribution in [-0.2, 0) is 22.3 Å². The van der Waals surface area contributed by atoms with Gasteiger partial charge in [0.25, 0.3) is 0 Å². The number of aliphatic imine (C=N–C) groups is 1. The molecule has 1 fully saturated rings. The summed E-state index contributed by atoms with van der Waals surface area (Å²) in [4.78, 5) is 11.4. The highest BCUT2D eigenvalue weighted by atomic mass is 32.2. The lowest BCUT2D eigenvalue weighted by Gasteiger charge is -2.35. The van der Waals surface area contributed by atoms with Crippen molar-refractivity contribution in [3.63, 3.8) is 0 Å². The Bertz CT molecular complexity index is 1130. The number of hydrogen-bond acceptors (Lipinski definition) is 6. The molecular weight excluding hydrogens is 416 g/mol. The third-order valence-electron chi connectivity index (χ3n) is 5.20. The lowest BCUT2D eigenvalue weighted by molar-refractivity contribution is 0.259. The van der Waals surface area contributed by atoms with Gasteiger partial charge in [0.1, 0.15) is 12.0 Å². The minimum Gasteiger partial charge on any atom is -0.364 e. The largest absolute Gasteiger partial charge is 0.364 e. The molecule has 10 heteroatoms. The Kier molecular flexibility index (Phi) is 6.47. The highest BCUT2D eigenvalue weighted by molar-refractivity contribution is 7.88. The number of aromatic nitrogens is 2. The molecule has 9 nitrogen and oxygen atoms in total. The third-order valence-corrected chi connectivity index (χ3v) is 7.02. The van der Waals surface area contributed by atoms with Gasteiger partial charge >= 0.3 is 0 Å². The summed E-state index contributed by atoms with van der Waals surface area (Å²) in [5.41, 5.74) is 2.43. The van der Waals surface area contributed by atoms with Gasteiger partial charge in [-0.2, -0.15) is 4.31 Å². The molecule has 1 N–H and O–H groups in total. The van der Waals surface area contributed by atoms with Gasteiger partial charge in [0.05, 0.1) is 17.8 Å². The first-order valence-corrected chi connectivity index (χ1v) is 11.9. The average Bonchev–Trinajstić information content (AvgIpc) is 3.29. The number of hydrogen-bond donors (Lipinski definition) is 1. The van der Waals surface area contributed by atoms with E-state index in [1.54, 1.807) is 12.3 Å². The molecule has 1 aliphatic heterocycles. The van der Waals surface area contributed by atoms with Gasteiger partial charge in [0.2, 0.25) is 10.0 Å². The van der Waals surface area contributed by atoms with Gasteiger partial charge < -0.3 is 14.7 Å². The van der Waals surface area contributed by atoms with Crippen molar-refractivity contribution < 1.29 is 12.9 Å². The predicted molar refractivity (Wildman–Crippen MR) is 119 cm³/mol. The van der Waals surface area contributed by atoms with Gasteiger partial charge in [-0.25, -0.2) is 13.4 Å². The van der Waals surface area contributed by atoms with Crippen LogP contribution in [0.2, 0.25) is 0 Å². The van der Waals surface area contributed by atoms with Crippen molar-refractivity contribution in [2.75, 3.05) is 32.7 Å². The summed E-state index contributed by atoms with van der Waals surface area (Å²) in [6.45, 7) is 5.20. The zero-order valence-corrected chi connectivity index (χ0v) is 18.3. The van der Waals surface area contributed by atoms with Crippen LogP contribution in [0.1, 0.15) is 18.2 Å². The molecule has 0 spiro atoms. The van der Waals surface area contributed by atoms with E-state index in [4.69, 9.17) is 9.52 Å². The van der Waals surface area contributed by atoms with Gasteiger partial charge in [-0.3, -0.25) is 4.98 Å². The van der Waals surface area contributed by atoms with E-state index in [-0.39, 0.29) is 5.75 Å². The first-order valence-electron chi connectivity index (χ1n) is 10.3. The van der Waals surface area contributed by atoms with Crippen LogP contribution in [-0.4, -0.2) is 66.4 Å². The number of piperazine rings is 1. The molecule has 164 valence electrons. The third kappa shape index (κ3) is 5.02. The fourth-order valence-electron chi connectivity index (χ4n) is 3.65. The number of pyridine rings is 1. The highest BCUT2D eigenvalue weighted by Gasteiger charge is 2.29. The van der Waals surface area contributed by atoms with Crippen molar-refractivity contribution in [3.05, 3.63) is 60.1 Å². The van der Waals surface area contributed by atoms with Crippen molar-refractivity contribution >= 4 is 26.9 Å². The highest BCUT2D eigenvalue weighted by Crippen LogP contribution is 2.17. The maximum atomic E-state index is 12.7. The molecule has 0 unspecified atom stereocenters. The van der Waals surface area contributed by atoms with Crippen molar-refractivity contribution in [2.45, 2.75) is 19.2 Å². The monoisotopic (exact) mass is 442 g/mol. The summed E-state index contributed by atoms with van der Waals surface area (Å²) >= 11 is 0. The Hall–Kier alpha value is -2.98. The number of fused-ring (bicyclic) bond motifs is 1. The van der Waals surface area contributed by atoms with Crippen LogP contribution < -0.4 is 5.32 Å². The van der Waals surface area contributed by atoms with Crippen LogP contribution in [0.4, 0.5) is 0 Å². The normalized spacial score (nSPS) is 16.0. The molecule has 0 saturated carbocycles. The summed E-state index contributed by atoms with van der Waals surface area (Å²) < 4.78 is 31.6. The zero-order chi connectivity index (χ0) is 21.7. The lowest BCUT2D eigenvalue weighted by Crippen LogP contribution is -2.53. The van der Waals surface area contributed by atoms with Crippen molar-refractivity contribution in [2.24, 2.45) is 4.99 Å². The molecule has 0 amide bonds. The summed E-state index contributed by atoms with van der Waals surface area (Å²) in [6.07, 6.45) is 3.17. The Morgan fingerprint density at radius 1 is 1.16 bits per heavy atom. The van der Waals surface area contributed by atoms with Crippen molar-refractivity contribution in [3.8, 4) is 0 Å². The number of nitrogens with one attached hydrogen (secondary N) is 1. The van der Waals surface area contributed by atoms with Crippen LogP contribution >= 0.6 is 0 Å². The first-order chi connectivity index (χ1) is 15.1. The summed E-state index contributed by atoms with van der Waals surface area (Å²) in [5, 5.41) is 8.13. The Morgan fingerprint density at radius 2 is 1.97 bits per heavy atom. The number of para-hydroxylation sites is 1. The molecule has 0 radical (unpaired) electrons. The minimum atomic E-state index is -3.43. The van der Waals surface area contributed by atoms with Gasteiger partial charge in [-0.15, -0.1) is 0 Å². The van der Waals surface area contributed by atoms with E-state index < -0.39 is 10.0 Å². The van der Waals surface area contributed by atoms with Crippen LogP contribution in [0.25, 0.3) is 10.9 Å². The number of benzene rings is 1. The van der Waals surface area contributed by atoms with Crippen LogP contribution in [0.5, 0.6) is 0 Å². The lowest BCUT2D eigenvalue weighted by atomic mass is 10.1. The molecule has 3 aromatic rings. The average molecular weight is 443 g/mol. The smallest absolute Gasteiger partial charge is 0.220 e. The molecule has 1 aromatic carbocycles. The van der Waals surface area contributed by atoms with Gasteiger partial charge in [-0.05, 0) is 18.6 Å². The Labute approximate surface area is 181 Å². The van der Waals surface area contributed by atoms with Gasteiger partial charge in [0.15, 0.2) is 5.96 Å². The second-order valence-electron chi connectivity index (χ2n) is 7.30. The first kappa shape index (κ1) is 21.3. The molecule has 0 bridgehead atoms. The summed E-state index contributed by atoms with van der Waals surface area (Å²) in [5.74, 6) is 0.634. The topological polar surface area (TPSA) is 104 Å².